The highest BCUT2D eigenvalue weighted by atomic mass is 15.0. The van der Waals surface area contributed by atoms with E-state index in [1.165, 1.54) is 70.0 Å². The van der Waals surface area contributed by atoms with E-state index in [4.69, 9.17) is 0 Å². The summed E-state index contributed by atoms with van der Waals surface area (Å²) in [5.41, 5.74) is 0. The van der Waals surface area contributed by atoms with E-state index in [0.29, 0.717) is 0 Å². The van der Waals surface area contributed by atoms with Gasteiger partial charge in [-0.05, 0) is 13.3 Å². The molecule has 1 heterocycles. The van der Waals surface area contributed by atoms with E-state index >= 15 is 0 Å². The van der Waals surface area contributed by atoms with Gasteiger partial charge in [-0.2, -0.15) is 0 Å². The van der Waals surface area contributed by atoms with Gasteiger partial charge in [-0.3, -0.25) is 0 Å². The molecule has 19 heavy (non-hydrogen) atoms. The smallest absolute Gasteiger partial charge is 0.108 e. The first-order valence-electron chi connectivity index (χ1n) is 8.38. The van der Waals surface area contributed by atoms with Gasteiger partial charge in [-0.15, -0.1) is 0 Å². The zero-order chi connectivity index (χ0) is 13.8. The van der Waals surface area contributed by atoms with Gasteiger partial charge < -0.3 is 4.57 Å². The molecule has 0 aromatic carbocycles. The summed E-state index contributed by atoms with van der Waals surface area (Å²) in [6.45, 7) is 5.51. The lowest BCUT2D eigenvalue weighted by atomic mass is 10.1. The molecule has 0 bridgehead atoms. The molecule has 0 saturated heterocycles. The van der Waals surface area contributed by atoms with Gasteiger partial charge in [0.2, 0.25) is 0 Å². The number of aryl methyl sites for hydroxylation is 2. The predicted molar refractivity (Wildman–Crippen MR) is 83.4 cm³/mol. The van der Waals surface area contributed by atoms with E-state index in [2.05, 4.69) is 29.6 Å². The van der Waals surface area contributed by atoms with E-state index in [-0.39, 0.29) is 0 Å². The maximum Gasteiger partial charge on any atom is 0.108 e. The van der Waals surface area contributed by atoms with Gasteiger partial charge in [-0.1, -0.05) is 64.7 Å². The molecular weight excluding hydrogens is 232 g/mol. The monoisotopic (exact) mass is 264 g/mol. The lowest BCUT2D eigenvalue weighted by molar-refractivity contribution is 0.550. The van der Waals surface area contributed by atoms with Crippen LogP contribution in [0.3, 0.4) is 0 Å². The van der Waals surface area contributed by atoms with Gasteiger partial charge in [0, 0.05) is 25.4 Å². The number of nitrogens with zero attached hydrogens (tertiary/aromatic N) is 2. The Hall–Kier alpha value is -0.790. The maximum atomic E-state index is 4.43. The van der Waals surface area contributed by atoms with Crippen LogP contribution in [0.2, 0.25) is 0 Å². The summed E-state index contributed by atoms with van der Waals surface area (Å²) in [5, 5.41) is 0. The molecule has 0 spiro atoms. The molecule has 0 aliphatic rings. The van der Waals surface area contributed by atoms with Gasteiger partial charge in [0.05, 0.1) is 0 Å². The van der Waals surface area contributed by atoms with Crippen LogP contribution in [0.25, 0.3) is 0 Å². The van der Waals surface area contributed by atoms with Crippen LogP contribution in [0.5, 0.6) is 0 Å². The molecule has 0 amide bonds. The standard InChI is InChI=1S/C17H32N2/c1-3-5-6-7-8-9-10-11-12-13-14-17-18-15-16-19(17)4-2/h15-16H,3-14H2,1-2H3. The summed E-state index contributed by atoms with van der Waals surface area (Å²) in [4.78, 5) is 4.43. The molecule has 0 unspecified atom stereocenters. The summed E-state index contributed by atoms with van der Waals surface area (Å²) in [5.74, 6) is 1.27. The Morgan fingerprint density at radius 1 is 0.842 bits per heavy atom. The lowest BCUT2D eigenvalue weighted by Crippen LogP contribution is -2.00. The minimum absolute atomic E-state index is 1.05. The molecule has 0 aliphatic heterocycles. The van der Waals surface area contributed by atoms with Gasteiger partial charge in [0.25, 0.3) is 0 Å². The van der Waals surface area contributed by atoms with Gasteiger partial charge >= 0.3 is 0 Å². The molecule has 2 heteroatoms. The summed E-state index contributed by atoms with van der Waals surface area (Å²) < 4.78 is 2.26. The second-order valence-corrected chi connectivity index (χ2v) is 5.56. The third-order valence-corrected chi connectivity index (χ3v) is 3.90. The fourth-order valence-corrected chi connectivity index (χ4v) is 2.63. The zero-order valence-corrected chi connectivity index (χ0v) is 13.0. The van der Waals surface area contributed by atoms with Crippen LogP contribution in [0.15, 0.2) is 12.4 Å². The van der Waals surface area contributed by atoms with E-state index in [0.717, 1.165) is 13.0 Å². The van der Waals surface area contributed by atoms with Crippen molar-refractivity contribution >= 4 is 0 Å². The first kappa shape index (κ1) is 16.3. The topological polar surface area (TPSA) is 17.8 Å². The maximum absolute atomic E-state index is 4.43. The van der Waals surface area contributed by atoms with Crippen molar-refractivity contribution in [2.75, 3.05) is 0 Å². The minimum atomic E-state index is 1.05. The Morgan fingerprint density at radius 3 is 2.00 bits per heavy atom. The largest absolute Gasteiger partial charge is 0.335 e. The molecule has 110 valence electrons. The molecule has 0 radical (unpaired) electrons. The number of unbranched alkanes of at least 4 members (excludes halogenated alkanes) is 9. The highest BCUT2D eigenvalue weighted by molar-refractivity contribution is 4.91. The van der Waals surface area contributed by atoms with Gasteiger partial charge in [0.15, 0.2) is 0 Å². The zero-order valence-electron chi connectivity index (χ0n) is 13.0. The number of hydrogen-bond acceptors (Lipinski definition) is 1. The van der Waals surface area contributed by atoms with E-state index < -0.39 is 0 Å². The molecule has 2 nitrogen and oxygen atoms in total. The molecule has 0 fully saturated rings. The van der Waals surface area contributed by atoms with Crippen molar-refractivity contribution in [1.82, 2.24) is 9.55 Å². The Morgan fingerprint density at radius 2 is 1.42 bits per heavy atom. The number of rotatable bonds is 12. The number of aromatic nitrogens is 2. The Bertz CT molecular complexity index is 304. The number of hydrogen-bond donors (Lipinski definition) is 0. The Kier molecular flexibility index (Phi) is 9.48. The van der Waals surface area contributed by atoms with Gasteiger partial charge in [-0.25, -0.2) is 4.98 Å². The fraction of sp³-hybridized carbons (Fsp3) is 0.824. The van der Waals surface area contributed by atoms with E-state index in [1.807, 2.05) is 6.20 Å². The van der Waals surface area contributed by atoms with E-state index in [1.54, 1.807) is 0 Å². The predicted octanol–water partition coefficient (Wildman–Crippen LogP) is 5.37. The van der Waals surface area contributed by atoms with Crippen molar-refractivity contribution in [3.05, 3.63) is 18.2 Å². The summed E-state index contributed by atoms with van der Waals surface area (Å²) in [6.07, 6.45) is 19.2. The Labute approximate surface area is 119 Å². The van der Waals surface area contributed by atoms with Crippen LogP contribution in [0.1, 0.15) is 83.9 Å². The van der Waals surface area contributed by atoms with E-state index in [9.17, 15) is 0 Å². The second kappa shape index (κ2) is 11.1. The molecule has 0 N–H and O–H groups in total. The van der Waals surface area contributed by atoms with Crippen molar-refractivity contribution < 1.29 is 0 Å². The minimum Gasteiger partial charge on any atom is -0.335 e. The molecular formula is C17H32N2. The third-order valence-electron chi connectivity index (χ3n) is 3.90. The van der Waals surface area contributed by atoms with Crippen LogP contribution in [-0.4, -0.2) is 9.55 Å². The summed E-state index contributed by atoms with van der Waals surface area (Å²) in [7, 11) is 0. The van der Waals surface area contributed by atoms with Crippen molar-refractivity contribution in [1.29, 1.82) is 0 Å². The highest BCUT2D eigenvalue weighted by Gasteiger charge is 2.00. The van der Waals surface area contributed by atoms with Crippen LogP contribution < -0.4 is 0 Å². The number of imidazole rings is 1. The van der Waals surface area contributed by atoms with Crippen molar-refractivity contribution in [3.8, 4) is 0 Å². The molecule has 0 aliphatic carbocycles. The molecule has 0 atom stereocenters. The van der Waals surface area contributed by atoms with Gasteiger partial charge in [0.1, 0.15) is 5.82 Å². The third kappa shape index (κ3) is 7.39. The lowest BCUT2D eigenvalue weighted by Gasteiger charge is -2.05. The second-order valence-electron chi connectivity index (χ2n) is 5.56. The van der Waals surface area contributed by atoms with Crippen LogP contribution in [0.4, 0.5) is 0 Å². The molecule has 1 rings (SSSR count). The normalized spacial score (nSPS) is 11.1. The summed E-state index contributed by atoms with van der Waals surface area (Å²) >= 11 is 0. The fourth-order valence-electron chi connectivity index (χ4n) is 2.63. The van der Waals surface area contributed by atoms with Crippen molar-refractivity contribution in [2.45, 2.75) is 91.0 Å². The average molecular weight is 264 g/mol. The SMILES string of the molecule is CCCCCCCCCCCCc1nccn1CC. The van der Waals surface area contributed by atoms with Crippen LogP contribution in [0, 0.1) is 0 Å². The molecule has 1 aromatic heterocycles. The van der Waals surface area contributed by atoms with Crippen molar-refractivity contribution in [3.63, 3.8) is 0 Å². The molecule has 1 aromatic rings. The Balaban J connectivity index is 1.89. The van der Waals surface area contributed by atoms with Crippen molar-refractivity contribution in [2.24, 2.45) is 0 Å². The first-order valence-corrected chi connectivity index (χ1v) is 8.38. The molecule has 0 saturated carbocycles. The summed E-state index contributed by atoms with van der Waals surface area (Å²) in [6, 6.07) is 0. The first-order chi connectivity index (χ1) is 9.38. The van der Waals surface area contributed by atoms with Crippen LogP contribution >= 0.6 is 0 Å². The van der Waals surface area contributed by atoms with Crippen LogP contribution in [-0.2, 0) is 13.0 Å². The quantitative estimate of drug-likeness (QED) is 0.464. The highest BCUT2D eigenvalue weighted by Crippen LogP contribution is 2.12. The average Bonchev–Trinajstić information content (AvgIpc) is 2.88.